The van der Waals surface area contributed by atoms with Crippen molar-refractivity contribution in [2.24, 2.45) is 0 Å². The zero-order valence-corrected chi connectivity index (χ0v) is 10.3. The number of hydrogen-bond donors (Lipinski definition) is 0. The highest BCUT2D eigenvalue weighted by atomic mass is 15.1. The highest BCUT2D eigenvalue weighted by Crippen LogP contribution is 2.28. The van der Waals surface area contributed by atoms with Gasteiger partial charge in [-0.05, 0) is 33.9 Å². The zero-order valence-electron chi connectivity index (χ0n) is 10.3. The summed E-state index contributed by atoms with van der Waals surface area (Å²) in [7, 11) is 4.48. The molecule has 1 heteroatoms. The van der Waals surface area contributed by atoms with E-state index in [1.807, 2.05) is 0 Å². The maximum atomic E-state index is 2.44. The summed E-state index contributed by atoms with van der Waals surface area (Å²) in [4.78, 5) is 2.44. The van der Waals surface area contributed by atoms with Gasteiger partial charge in [-0.15, -0.1) is 0 Å². The Hall–Kier alpha value is -0.0400. The fraction of sp³-hybridized carbons (Fsp3) is 1.00. The molecule has 1 aliphatic carbocycles. The minimum atomic E-state index is 0.470. The molecule has 1 aliphatic rings. The van der Waals surface area contributed by atoms with Crippen LogP contribution < -0.4 is 0 Å². The van der Waals surface area contributed by atoms with Crippen molar-refractivity contribution >= 4 is 0 Å². The summed E-state index contributed by atoms with van der Waals surface area (Å²) in [5.74, 6) is 0. The van der Waals surface area contributed by atoms with E-state index in [0.29, 0.717) is 5.54 Å². The van der Waals surface area contributed by atoms with Crippen LogP contribution in [0, 0.1) is 0 Å². The zero-order chi connectivity index (χ0) is 10.4. The fourth-order valence-electron chi connectivity index (χ4n) is 2.47. The van der Waals surface area contributed by atoms with Gasteiger partial charge in [-0.3, -0.25) is 0 Å². The standard InChI is InChI=1S/C13H27N/c1-13(14(2)3)11-9-7-5-4-6-8-10-12-13/h4-12H2,1-3H3. The average Bonchev–Trinajstić information content (AvgIpc) is 2.16. The SMILES string of the molecule is CN(C)C1(C)CCCCCCCCC1. The van der Waals surface area contributed by atoms with Crippen LogP contribution in [0.3, 0.4) is 0 Å². The summed E-state index contributed by atoms with van der Waals surface area (Å²) >= 11 is 0. The molecular weight excluding hydrogens is 170 g/mol. The minimum absolute atomic E-state index is 0.470. The number of rotatable bonds is 1. The predicted molar refractivity (Wildman–Crippen MR) is 63.6 cm³/mol. The van der Waals surface area contributed by atoms with Gasteiger partial charge in [0, 0.05) is 5.54 Å². The first-order valence-corrected chi connectivity index (χ1v) is 6.33. The Labute approximate surface area is 89.9 Å². The van der Waals surface area contributed by atoms with Gasteiger partial charge in [0.25, 0.3) is 0 Å². The minimum Gasteiger partial charge on any atom is -0.304 e. The predicted octanol–water partition coefficient (Wildman–Crippen LogP) is 3.83. The molecule has 0 aromatic heterocycles. The van der Waals surface area contributed by atoms with E-state index in [0.717, 1.165) is 0 Å². The molecule has 84 valence electrons. The molecule has 0 saturated heterocycles. The molecule has 1 nitrogen and oxygen atoms in total. The lowest BCUT2D eigenvalue weighted by atomic mass is 9.86. The van der Waals surface area contributed by atoms with Crippen LogP contribution in [0.2, 0.25) is 0 Å². The van der Waals surface area contributed by atoms with Gasteiger partial charge in [0.2, 0.25) is 0 Å². The Morgan fingerprint density at radius 3 is 1.43 bits per heavy atom. The van der Waals surface area contributed by atoms with Crippen molar-refractivity contribution in [2.45, 2.75) is 70.3 Å². The highest BCUT2D eigenvalue weighted by molar-refractivity contribution is 4.82. The van der Waals surface area contributed by atoms with Crippen LogP contribution in [0.4, 0.5) is 0 Å². The van der Waals surface area contributed by atoms with Gasteiger partial charge in [-0.1, -0.05) is 44.9 Å². The third-order valence-corrected chi connectivity index (χ3v) is 4.01. The molecule has 0 unspecified atom stereocenters. The number of nitrogens with zero attached hydrogens (tertiary/aromatic N) is 1. The normalized spacial score (nSPS) is 24.9. The first kappa shape index (κ1) is 12.0. The Bertz CT molecular complexity index is 141. The monoisotopic (exact) mass is 197 g/mol. The second-order valence-electron chi connectivity index (χ2n) is 5.37. The maximum absolute atomic E-state index is 2.44. The fourth-order valence-corrected chi connectivity index (χ4v) is 2.47. The van der Waals surface area contributed by atoms with Crippen molar-refractivity contribution in [3.8, 4) is 0 Å². The third kappa shape index (κ3) is 3.61. The molecule has 0 aromatic rings. The largest absolute Gasteiger partial charge is 0.304 e. The van der Waals surface area contributed by atoms with E-state index >= 15 is 0 Å². The Morgan fingerprint density at radius 2 is 1.07 bits per heavy atom. The Balaban J connectivity index is 2.45. The molecular formula is C13H27N. The van der Waals surface area contributed by atoms with Crippen LogP contribution in [0.5, 0.6) is 0 Å². The van der Waals surface area contributed by atoms with Crippen LogP contribution >= 0.6 is 0 Å². The summed E-state index contributed by atoms with van der Waals surface area (Å²) in [5.41, 5.74) is 0.470. The first-order chi connectivity index (χ1) is 6.65. The first-order valence-electron chi connectivity index (χ1n) is 6.33. The lowest BCUT2D eigenvalue weighted by molar-refractivity contribution is 0.137. The van der Waals surface area contributed by atoms with E-state index in [2.05, 4.69) is 25.9 Å². The topological polar surface area (TPSA) is 3.24 Å². The number of hydrogen-bond acceptors (Lipinski definition) is 1. The van der Waals surface area contributed by atoms with Crippen molar-refractivity contribution in [2.75, 3.05) is 14.1 Å². The van der Waals surface area contributed by atoms with Gasteiger partial charge in [-0.2, -0.15) is 0 Å². The molecule has 0 atom stereocenters. The van der Waals surface area contributed by atoms with Gasteiger partial charge in [-0.25, -0.2) is 0 Å². The highest BCUT2D eigenvalue weighted by Gasteiger charge is 2.25. The molecule has 1 saturated carbocycles. The van der Waals surface area contributed by atoms with Crippen molar-refractivity contribution in [1.82, 2.24) is 4.90 Å². The van der Waals surface area contributed by atoms with Crippen molar-refractivity contribution in [3.63, 3.8) is 0 Å². The lowest BCUT2D eigenvalue weighted by Crippen LogP contribution is -2.41. The molecule has 0 heterocycles. The van der Waals surface area contributed by atoms with E-state index in [-0.39, 0.29) is 0 Å². The third-order valence-electron chi connectivity index (χ3n) is 4.01. The Morgan fingerprint density at radius 1 is 0.714 bits per heavy atom. The second kappa shape index (κ2) is 5.75. The quantitative estimate of drug-likeness (QED) is 0.617. The smallest absolute Gasteiger partial charge is 0.0175 e. The van der Waals surface area contributed by atoms with Gasteiger partial charge in [0.15, 0.2) is 0 Å². The van der Waals surface area contributed by atoms with Crippen LogP contribution in [0.15, 0.2) is 0 Å². The van der Waals surface area contributed by atoms with Gasteiger partial charge in [0.05, 0.1) is 0 Å². The molecule has 14 heavy (non-hydrogen) atoms. The Kier molecular flexibility index (Phi) is 4.94. The van der Waals surface area contributed by atoms with E-state index in [4.69, 9.17) is 0 Å². The van der Waals surface area contributed by atoms with Crippen LogP contribution in [-0.2, 0) is 0 Å². The summed E-state index contributed by atoms with van der Waals surface area (Å²) in [6, 6.07) is 0. The summed E-state index contributed by atoms with van der Waals surface area (Å²) < 4.78 is 0. The molecule has 0 N–H and O–H groups in total. The van der Waals surface area contributed by atoms with Crippen LogP contribution in [-0.4, -0.2) is 24.5 Å². The lowest BCUT2D eigenvalue weighted by Gasteiger charge is -2.37. The summed E-state index contributed by atoms with van der Waals surface area (Å²) in [5, 5.41) is 0. The van der Waals surface area contributed by atoms with Crippen molar-refractivity contribution < 1.29 is 0 Å². The molecule has 0 amide bonds. The van der Waals surface area contributed by atoms with E-state index in [9.17, 15) is 0 Å². The molecule has 0 radical (unpaired) electrons. The summed E-state index contributed by atoms with van der Waals surface area (Å²) in [6.07, 6.45) is 12.9. The maximum Gasteiger partial charge on any atom is 0.0175 e. The summed E-state index contributed by atoms with van der Waals surface area (Å²) in [6.45, 7) is 2.44. The van der Waals surface area contributed by atoms with Gasteiger partial charge >= 0.3 is 0 Å². The van der Waals surface area contributed by atoms with Crippen molar-refractivity contribution in [1.29, 1.82) is 0 Å². The molecule has 0 bridgehead atoms. The van der Waals surface area contributed by atoms with Crippen LogP contribution in [0.25, 0.3) is 0 Å². The molecule has 1 fully saturated rings. The second-order valence-corrected chi connectivity index (χ2v) is 5.37. The molecule has 1 rings (SSSR count). The van der Waals surface area contributed by atoms with Gasteiger partial charge < -0.3 is 4.90 Å². The van der Waals surface area contributed by atoms with E-state index in [1.165, 1.54) is 57.8 Å². The van der Waals surface area contributed by atoms with Crippen LogP contribution in [0.1, 0.15) is 64.7 Å². The van der Waals surface area contributed by atoms with Gasteiger partial charge in [0.1, 0.15) is 0 Å². The molecule has 0 spiro atoms. The van der Waals surface area contributed by atoms with E-state index < -0.39 is 0 Å². The molecule has 0 aromatic carbocycles. The van der Waals surface area contributed by atoms with Crippen molar-refractivity contribution in [3.05, 3.63) is 0 Å². The average molecular weight is 197 g/mol. The molecule has 0 aliphatic heterocycles. The van der Waals surface area contributed by atoms with E-state index in [1.54, 1.807) is 0 Å².